The molecule has 0 amide bonds. The molecule has 2 aromatic rings. The molecule has 0 atom stereocenters. The second kappa shape index (κ2) is 6.57. The molecule has 1 aromatic carbocycles. The number of aliphatic carboxylic acids is 1. The molecular weight excluding hydrogens is 254 g/mol. The Hall–Kier alpha value is -1.81. The maximum absolute atomic E-state index is 10.6. The summed E-state index contributed by atoms with van der Waals surface area (Å²) in [6, 6.07) is 8.36. The Morgan fingerprint density at radius 3 is 2.80 bits per heavy atom. The van der Waals surface area contributed by atoms with Gasteiger partial charge in [-0.25, -0.2) is 0 Å². The van der Waals surface area contributed by atoms with Crippen LogP contribution in [0.5, 0.6) is 0 Å². The average Bonchev–Trinajstić information content (AvgIpc) is 2.80. The molecule has 4 heteroatoms. The first-order chi connectivity index (χ1) is 9.58. The molecule has 0 spiro atoms. The molecule has 108 valence electrons. The minimum absolute atomic E-state index is 0.218. The zero-order valence-electron chi connectivity index (χ0n) is 12.0. The molecule has 2 rings (SSSR count). The van der Waals surface area contributed by atoms with Crippen LogP contribution in [-0.2, 0) is 11.3 Å². The molecule has 0 bridgehead atoms. The van der Waals surface area contributed by atoms with E-state index < -0.39 is 5.97 Å². The fourth-order valence-electron chi connectivity index (χ4n) is 2.33. The summed E-state index contributed by atoms with van der Waals surface area (Å²) in [5, 5.41) is 9.87. The van der Waals surface area contributed by atoms with E-state index in [4.69, 9.17) is 9.52 Å². The lowest BCUT2D eigenvalue weighted by atomic mass is 10.1. The lowest BCUT2D eigenvalue weighted by Crippen LogP contribution is -2.31. The maximum Gasteiger partial charge on any atom is 0.303 e. The molecular formula is C16H21NO3. The van der Waals surface area contributed by atoms with Crippen LogP contribution in [0.1, 0.15) is 32.3 Å². The van der Waals surface area contributed by atoms with Gasteiger partial charge in [-0.1, -0.05) is 18.2 Å². The largest absolute Gasteiger partial charge is 0.481 e. The number of benzene rings is 1. The molecule has 0 unspecified atom stereocenters. The number of hydrogen-bond acceptors (Lipinski definition) is 3. The lowest BCUT2D eigenvalue weighted by Gasteiger charge is -2.25. The summed E-state index contributed by atoms with van der Waals surface area (Å²) in [7, 11) is 0. The summed E-state index contributed by atoms with van der Waals surface area (Å²) in [4.78, 5) is 12.9. The monoisotopic (exact) mass is 275 g/mol. The number of para-hydroxylation sites is 1. The molecule has 0 aliphatic carbocycles. The average molecular weight is 275 g/mol. The Labute approximate surface area is 119 Å². The van der Waals surface area contributed by atoms with Crippen LogP contribution in [0.15, 0.2) is 34.9 Å². The number of furan rings is 1. The summed E-state index contributed by atoms with van der Waals surface area (Å²) < 4.78 is 5.55. The van der Waals surface area contributed by atoms with Crippen molar-refractivity contribution in [3.05, 3.63) is 36.1 Å². The molecule has 1 heterocycles. The highest BCUT2D eigenvalue weighted by atomic mass is 16.4. The Balaban J connectivity index is 2.05. The van der Waals surface area contributed by atoms with Crippen LogP contribution < -0.4 is 0 Å². The van der Waals surface area contributed by atoms with Crippen LogP contribution in [0, 0.1) is 0 Å². The van der Waals surface area contributed by atoms with Crippen molar-refractivity contribution in [1.82, 2.24) is 4.90 Å². The van der Waals surface area contributed by atoms with E-state index >= 15 is 0 Å². The van der Waals surface area contributed by atoms with E-state index in [1.54, 1.807) is 6.26 Å². The number of hydrogen-bond donors (Lipinski definition) is 1. The van der Waals surface area contributed by atoms with Crippen molar-refractivity contribution < 1.29 is 14.3 Å². The predicted octanol–water partition coefficient (Wildman–Crippen LogP) is 3.51. The Kier molecular flexibility index (Phi) is 4.79. The topological polar surface area (TPSA) is 53.7 Å². The van der Waals surface area contributed by atoms with Crippen molar-refractivity contribution in [3.63, 3.8) is 0 Å². The van der Waals surface area contributed by atoms with Crippen molar-refractivity contribution in [2.75, 3.05) is 6.54 Å². The van der Waals surface area contributed by atoms with Gasteiger partial charge in [0, 0.05) is 30.0 Å². The molecule has 1 N–H and O–H groups in total. The van der Waals surface area contributed by atoms with E-state index in [0.717, 1.165) is 29.6 Å². The number of carboxylic acid groups (broad SMARTS) is 1. The summed E-state index contributed by atoms with van der Waals surface area (Å²) >= 11 is 0. The Bertz CT molecular complexity index is 574. The third kappa shape index (κ3) is 3.61. The molecule has 1 aromatic heterocycles. The third-order valence-electron chi connectivity index (χ3n) is 3.50. The minimum atomic E-state index is -0.734. The van der Waals surface area contributed by atoms with Crippen LogP contribution in [0.4, 0.5) is 0 Å². The maximum atomic E-state index is 10.6. The summed E-state index contributed by atoms with van der Waals surface area (Å²) in [5.74, 6) is -0.734. The van der Waals surface area contributed by atoms with E-state index in [1.807, 2.05) is 18.2 Å². The molecule has 20 heavy (non-hydrogen) atoms. The third-order valence-corrected chi connectivity index (χ3v) is 3.50. The molecule has 0 saturated carbocycles. The van der Waals surface area contributed by atoms with Gasteiger partial charge in [0.25, 0.3) is 0 Å². The molecule has 4 nitrogen and oxygen atoms in total. The van der Waals surface area contributed by atoms with E-state index in [9.17, 15) is 4.79 Å². The van der Waals surface area contributed by atoms with Gasteiger partial charge in [-0.15, -0.1) is 0 Å². The highest BCUT2D eigenvalue weighted by Crippen LogP contribution is 2.22. The van der Waals surface area contributed by atoms with Crippen LogP contribution in [0.2, 0.25) is 0 Å². The van der Waals surface area contributed by atoms with E-state index in [0.29, 0.717) is 12.5 Å². The molecule has 0 aliphatic rings. The van der Waals surface area contributed by atoms with Crippen LogP contribution in [0.25, 0.3) is 11.0 Å². The van der Waals surface area contributed by atoms with Crippen LogP contribution in [-0.4, -0.2) is 28.6 Å². The predicted molar refractivity (Wildman–Crippen MR) is 78.6 cm³/mol. The van der Waals surface area contributed by atoms with Gasteiger partial charge in [-0.2, -0.15) is 0 Å². The second-order valence-corrected chi connectivity index (χ2v) is 5.32. The number of rotatable bonds is 7. The van der Waals surface area contributed by atoms with Crippen LogP contribution in [0.3, 0.4) is 0 Å². The number of fused-ring (bicyclic) bond motifs is 1. The summed E-state index contributed by atoms with van der Waals surface area (Å²) in [6.45, 7) is 5.82. The van der Waals surface area contributed by atoms with Gasteiger partial charge in [0.15, 0.2) is 0 Å². The van der Waals surface area contributed by atoms with Crippen molar-refractivity contribution >= 4 is 16.9 Å². The molecule has 0 fully saturated rings. The van der Waals surface area contributed by atoms with E-state index in [-0.39, 0.29) is 6.42 Å². The normalized spacial score (nSPS) is 11.6. The Morgan fingerprint density at radius 1 is 1.35 bits per heavy atom. The SMILES string of the molecule is CC(C)N(CCCC(=O)O)Cc1coc2ccccc12. The zero-order valence-corrected chi connectivity index (χ0v) is 12.0. The van der Waals surface area contributed by atoms with Crippen molar-refractivity contribution in [3.8, 4) is 0 Å². The van der Waals surface area contributed by atoms with Gasteiger partial charge in [-0.3, -0.25) is 9.69 Å². The van der Waals surface area contributed by atoms with E-state index in [1.165, 1.54) is 0 Å². The second-order valence-electron chi connectivity index (χ2n) is 5.32. The zero-order chi connectivity index (χ0) is 14.5. The lowest BCUT2D eigenvalue weighted by molar-refractivity contribution is -0.137. The van der Waals surface area contributed by atoms with Crippen molar-refractivity contribution in [2.24, 2.45) is 0 Å². The summed E-state index contributed by atoms with van der Waals surface area (Å²) in [6.07, 6.45) is 2.69. The highest BCUT2D eigenvalue weighted by molar-refractivity contribution is 5.80. The van der Waals surface area contributed by atoms with Gasteiger partial charge in [0.1, 0.15) is 5.58 Å². The molecule has 0 radical (unpaired) electrons. The van der Waals surface area contributed by atoms with Gasteiger partial charge in [-0.05, 0) is 32.9 Å². The van der Waals surface area contributed by atoms with E-state index in [2.05, 4.69) is 24.8 Å². The molecule has 0 aliphatic heterocycles. The first kappa shape index (κ1) is 14.6. The molecule has 0 saturated heterocycles. The fourth-order valence-corrected chi connectivity index (χ4v) is 2.33. The summed E-state index contributed by atoms with van der Waals surface area (Å²) in [5.41, 5.74) is 2.06. The van der Waals surface area contributed by atoms with Crippen molar-refractivity contribution in [1.29, 1.82) is 0 Å². The number of carbonyl (C=O) groups is 1. The first-order valence-electron chi connectivity index (χ1n) is 6.99. The van der Waals surface area contributed by atoms with Gasteiger partial charge in [0.05, 0.1) is 6.26 Å². The van der Waals surface area contributed by atoms with Gasteiger partial charge < -0.3 is 9.52 Å². The van der Waals surface area contributed by atoms with Crippen molar-refractivity contribution in [2.45, 2.75) is 39.3 Å². The highest BCUT2D eigenvalue weighted by Gasteiger charge is 2.14. The fraction of sp³-hybridized carbons (Fsp3) is 0.438. The van der Waals surface area contributed by atoms with Crippen LogP contribution >= 0.6 is 0 Å². The number of nitrogens with zero attached hydrogens (tertiary/aromatic N) is 1. The smallest absolute Gasteiger partial charge is 0.303 e. The van der Waals surface area contributed by atoms with Gasteiger partial charge >= 0.3 is 5.97 Å². The minimum Gasteiger partial charge on any atom is -0.481 e. The quantitative estimate of drug-likeness (QED) is 0.840. The van der Waals surface area contributed by atoms with Gasteiger partial charge in [0.2, 0.25) is 0 Å². The Morgan fingerprint density at radius 2 is 2.10 bits per heavy atom. The first-order valence-corrected chi connectivity index (χ1v) is 6.99. The number of carboxylic acids is 1. The standard InChI is InChI=1S/C16H21NO3/c1-12(2)17(9-5-8-16(18)19)10-13-11-20-15-7-4-3-6-14(13)15/h3-4,6-7,11-12H,5,8-10H2,1-2H3,(H,18,19).